The van der Waals surface area contributed by atoms with Gasteiger partial charge in [0.25, 0.3) is 0 Å². The lowest BCUT2D eigenvalue weighted by molar-refractivity contribution is 0.632. The van der Waals surface area contributed by atoms with Gasteiger partial charge in [-0.1, -0.05) is 172 Å². The Morgan fingerprint density at radius 3 is 1.70 bits per heavy atom. The van der Waals surface area contributed by atoms with Crippen LogP contribution in [0.5, 0.6) is 0 Å². The summed E-state index contributed by atoms with van der Waals surface area (Å²) in [6.07, 6.45) is 0. The van der Waals surface area contributed by atoms with Crippen molar-refractivity contribution < 1.29 is 0 Å². The van der Waals surface area contributed by atoms with Crippen LogP contribution in [0.2, 0.25) is 0 Å². The standard InChI is InChI=1S/C58H41N5/c1-58(2)47-29-14-15-30-49(47)62(43-24-10-5-11-25-43)50-34-33-41(37-48(50)58)46-28-17-31-51-54(46)53-45-27-13-12-18-38(45)32-35-52(53)63(51)44-26-16-23-42(36-44)57-60-55(39-19-6-3-7-20-39)59-56(61-57)40-21-8-4-9-22-40/h3-37H,1-2H3. The van der Waals surface area contributed by atoms with Crippen molar-refractivity contribution in [3.8, 4) is 51.0 Å². The fourth-order valence-corrected chi connectivity index (χ4v) is 9.79. The zero-order valence-corrected chi connectivity index (χ0v) is 34.9. The van der Waals surface area contributed by atoms with Crippen molar-refractivity contribution in [2.75, 3.05) is 4.90 Å². The summed E-state index contributed by atoms with van der Waals surface area (Å²) < 4.78 is 2.41. The molecule has 0 aliphatic carbocycles. The van der Waals surface area contributed by atoms with Gasteiger partial charge in [-0.05, 0) is 87.6 Å². The molecule has 3 heterocycles. The summed E-state index contributed by atoms with van der Waals surface area (Å²) in [7, 11) is 0. The number of rotatable bonds is 6. The summed E-state index contributed by atoms with van der Waals surface area (Å²) in [6.45, 7) is 4.73. The summed E-state index contributed by atoms with van der Waals surface area (Å²) in [5.74, 6) is 1.90. The van der Waals surface area contributed by atoms with Crippen molar-refractivity contribution in [2.24, 2.45) is 0 Å². The van der Waals surface area contributed by atoms with E-state index in [1.54, 1.807) is 0 Å². The lowest BCUT2D eigenvalue weighted by atomic mass is 9.73. The Kier molecular flexibility index (Phi) is 8.44. The molecule has 0 fully saturated rings. The third-order valence-corrected chi connectivity index (χ3v) is 12.8. The first-order valence-electron chi connectivity index (χ1n) is 21.5. The number of aromatic nitrogens is 4. The van der Waals surface area contributed by atoms with E-state index in [-0.39, 0.29) is 5.41 Å². The molecule has 12 rings (SSSR count). The molecule has 0 saturated heterocycles. The summed E-state index contributed by atoms with van der Waals surface area (Å²) in [5.41, 5.74) is 14.4. The van der Waals surface area contributed by atoms with Crippen LogP contribution in [0.25, 0.3) is 83.6 Å². The maximum atomic E-state index is 5.09. The molecule has 63 heavy (non-hydrogen) atoms. The van der Waals surface area contributed by atoms with Crippen LogP contribution in [0.1, 0.15) is 25.0 Å². The molecule has 298 valence electrons. The molecule has 1 aliphatic heterocycles. The van der Waals surface area contributed by atoms with Gasteiger partial charge in [0.05, 0.1) is 22.4 Å². The minimum absolute atomic E-state index is 0.238. The first-order valence-corrected chi connectivity index (χ1v) is 21.5. The SMILES string of the molecule is CC1(C)c2ccccc2N(c2ccccc2)c2ccc(-c3cccc4c3c3c5ccccc5ccc3n4-c3cccc(-c4nc(-c5ccccc5)nc(-c5ccccc5)n4)c3)cc21. The van der Waals surface area contributed by atoms with Crippen LogP contribution < -0.4 is 4.90 Å². The van der Waals surface area contributed by atoms with E-state index in [9.17, 15) is 0 Å². The van der Waals surface area contributed by atoms with Gasteiger partial charge >= 0.3 is 0 Å². The number of para-hydroxylation sites is 2. The van der Waals surface area contributed by atoms with Gasteiger partial charge in [-0.2, -0.15) is 0 Å². The van der Waals surface area contributed by atoms with Crippen LogP contribution in [0.3, 0.4) is 0 Å². The molecule has 5 nitrogen and oxygen atoms in total. The minimum Gasteiger partial charge on any atom is -0.310 e. The van der Waals surface area contributed by atoms with Crippen molar-refractivity contribution in [1.29, 1.82) is 0 Å². The number of hydrogen-bond donors (Lipinski definition) is 0. The second-order valence-electron chi connectivity index (χ2n) is 16.8. The molecule has 0 unspecified atom stereocenters. The Bertz CT molecular complexity index is 3480. The van der Waals surface area contributed by atoms with Gasteiger partial charge in [0, 0.05) is 44.3 Å². The second-order valence-corrected chi connectivity index (χ2v) is 16.8. The fraction of sp³-hybridized carbons (Fsp3) is 0.0517. The van der Waals surface area contributed by atoms with Crippen molar-refractivity contribution in [3.05, 3.63) is 223 Å². The number of hydrogen-bond acceptors (Lipinski definition) is 4. The van der Waals surface area contributed by atoms with Gasteiger partial charge in [0.15, 0.2) is 17.5 Å². The Hall–Kier alpha value is -8.15. The van der Waals surface area contributed by atoms with Crippen LogP contribution in [0.4, 0.5) is 17.1 Å². The van der Waals surface area contributed by atoms with E-state index in [2.05, 4.69) is 175 Å². The first-order chi connectivity index (χ1) is 31.0. The maximum absolute atomic E-state index is 5.09. The third kappa shape index (κ3) is 5.96. The van der Waals surface area contributed by atoms with Crippen molar-refractivity contribution in [2.45, 2.75) is 19.3 Å². The molecule has 0 N–H and O–H groups in total. The highest BCUT2D eigenvalue weighted by Gasteiger charge is 2.37. The largest absolute Gasteiger partial charge is 0.310 e. The lowest BCUT2D eigenvalue weighted by Gasteiger charge is -2.42. The zero-order valence-electron chi connectivity index (χ0n) is 34.9. The second kappa shape index (κ2) is 14.5. The average molecular weight is 808 g/mol. The molecule has 0 spiro atoms. The van der Waals surface area contributed by atoms with E-state index < -0.39 is 0 Å². The molecule has 0 amide bonds. The molecule has 5 heteroatoms. The molecule has 0 atom stereocenters. The quantitative estimate of drug-likeness (QED) is 0.168. The van der Waals surface area contributed by atoms with E-state index in [1.807, 2.05) is 60.7 Å². The van der Waals surface area contributed by atoms with Gasteiger partial charge in [-0.15, -0.1) is 0 Å². The maximum Gasteiger partial charge on any atom is 0.164 e. The highest BCUT2D eigenvalue weighted by Crippen LogP contribution is 2.53. The molecular weight excluding hydrogens is 767 g/mol. The number of fused-ring (bicyclic) bond motifs is 7. The molecule has 0 bridgehead atoms. The molecule has 1 aliphatic rings. The third-order valence-electron chi connectivity index (χ3n) is 12.8. The van der Waals surface area contributed by atoms with E-state index in [1.165, 1.54) is 55.2 Å². The van der Waals surface area contributed by atoms with E-state index >= 15 is 0 Å². The van der Waals surface area contributed by atoms with E-state index in [4.69, 9.17) is 15.0 Å². The minimum atomic E-state index is -0.238. The van der Waals surface area contributed by atoms with Crippen LogP contribution in [0, 0.1) is 0 Å². The number of anilines is 3. The number of nitrogens with zero attached hydrogens (tertiary/aromatic N) is 5. The molecule has 11 aromatic rings. The van der Waals surface area contributed by atoms with Crippen molar-refractivity contribution in [1.82, 2.24) is 19.5 Å². The Morgan fingerprint density at radius 1 is 0.381 bits per heavy atom. The predicted molar refractivity (Wildman–Crippen MR) is 260 cm³/mol. The van der Waals surface area contributed by atoms with E-state index in [0.29, 0.717) is 17.5 Å². The fourth-order valence-electron chi connectivity index (χ4n) is 9.79. The van der Waals surface area contributed by atoms with Gasteiger partial charge in [0.2, 0.25) is 0 Å². The Labute approximate surface area is 366 Å². The topological polar surface area (TPSA) is 46.8 Å². The summed E-state index contributed by atoms with van der Waals surface area (Å²) in [5, 5.41) is 4.89. The van der Waals surface area contributed by atoms with Crippen LogP contribution in [0.15, 0.2) is 212 Å². The van der Waals surface area contributed by atoms with Crippen LogP contribution in [-0.4, -0.2) is 19.5 Å². The van der Waals surface area contributed by atoms with Crippen molar-refractivity contribution in [3.63, 3.8) is 0 Å². The van der Waals surface area contributed by atoms with Crippen LogP contribution >= 0.6 is 0 Å². The monoisotopic (exact) mass is 807 g/mol. The summed E-state index contributed by atoms with van der Waals surface area (Å²) >= 11 is 0. The summed E-state index contributed by atoms with van der Waals surface area (Å²) in [6, 6.07) is 75.7. The van der Waals surface area contributed by atoms with Gasteiger partial charge < -0.3 is 9.47 Å². The summed E-state index contributed by atoms with van der Waals surface area (Å²) in [4.78, 5) is 17.6. The smallest absolute Gasteiger partial charge is 0.164 e. The Balaban J connectivity index is 1.07. The molecule has 2 aromatic heterocycles. The number of benzene rings is 9. The van der Waals surface area contributed by atoms with E-state index in [0.717, 1.165) is 39.1 Å². The van der Waals surface area contributed by atoms with Gasteiger partial charge in [-0.25, -0.2) is 15.0 Å². The highest BCUT2D eigenvalue weighted by atomic mass is 15.2. The Morgan fingerprint density at radius 2 is 0.952 bits per heavy atom. The normalized spacial score (nSPS) is 13.0. The predicted octanol–water partition coefficient (Wildman–Crippen LogP) is 14.9. The molecule has 0 radical (unpaired) electrons. The highest BCUT2D eigenvalue weighted by molar-refractivity contribution is 6.25. The molecule has 0 saturated carbocycles. The molecule has 9 aromatic carbocycles. The first kappa shape index (κ1) is 36.7. The average Bonchev–Trinajstić information content (AvgIpc) is 3.70. The molecular formula is C58H41N5. The lowest BCUT2D eigenvalue weighted by Crippen LogP contribution is -2.30. The van der Waals surface area contributed by atoms with Gasteiger partial charge in [0.1, 0.15) is 0 Å². The van der Waals surface area contributed by atoms with Crippen molar-refractivity contribution >= 4 is 49.6 Å². The van der Waals surface area contributed by atoms with Crippen LogP contribution in [-0.2, 0) is 5.41 Å². The van der Waals surface area contributed by atoms with Gasteiger partial charge in [-0.3, -0.25) is 0 Å². The zero-order chi connectivity index (χ0) is 42.1.